The number of nitrogens with one attached hydrogen (secondary N) is 1. The number of benzene rings is 1. The van der Waals surface area contributed by atoms with Gasteiger partial charge in [0.15, 0.2) is 0 Å². The van der Waals surface area contributed by atoms with Crippen LogP contribution in [0.25, 0.3) is 0 Å². The summed E-state index contributed by atoms with van der Waals surface area (Å²) >= 11 is 0. The Balaban J connectivity index is 1.82. The van der Waals surface area contributed by atoms with Crippen molar-refractivity contribution >= 4 is 29.5 Å². The van der Waals surface area contributed by atoms with Crippen molar-refractivity contribution in [2.45, 2.75) is 51.1 Å². The SMILES string of the molecule is CC(C)c1ccc(N2C(=O)N[C@@H]3CCN(C(=O)CCC(=O)[O-])[C@@H]3C2=O)cc1. The fraction of sp³-hybridized carbons (Fsp3) is 0.474. The molecule has 144 valence electrons. The van der Waals surface area contributed by atoms with Crippen LogP contribution >= 0.6 is 0 Å². The van der Waals surface area contributed by atoms with E-state index in [4.69, 9.17) is 0 Å². The van der Waals surface area contributed by atoms with E-state index < -0.39 is 42.3 Å². The second kappa shape index (κ2) is 7.38. The third-order valence-corrected chi connectivity index (χ3v) is 5.06. The van der Waals surface area contributed by atoms with E-state index in [-0.39, 0.29) is 6.42 Å². The quantitative estimate of drug-likeness (QED) is 0.803. The lowest BCUT2D eigenvalue weighted by molar-refractivity contribution is -0.305. The van der Waals surface area contributed by atoms with Crippen LogP contribution in [-0.4, -0.2) is 47.3 Å². The molecule has 8 heteroatoms. The molecule has 3 rings (SSSR count). The van der Waals surface area contributed by atoms with E-state index in [0.717, 1.165) is 10.5 Å². The zero-order valence-corrected chi connectivity index (χ0v) is 15.3. The summed E-state index contributed by atoms with van der Waals surface area (Å²) in [5, 5.41) is 13.4. The first-order valence-electron chi connectivity index (χ1n) is 9.03. The van der Waals surface area contributed by atoms with Gasteiger partial charge in [-0.05, 0) is 36.5 Å². The van der Waals surface area contributed by atoms with Gasteiger partial charge in [-0.3, -0.25) is 9.59 Å². The molecule has 0 spiro atoms. The molecule has 2 fully saturated rings. The zero-order valence-electron chi connectivity index (χ0n) is 15.3. The Morgan fingerprint density at radius 3 is 2.44 bits per heavy atom. The molecule has 2 atom stereocenters. The number of fused-ring (bicyclic) bond motifs is 1. The Bertz CT molecular complexity index is 774. The van der Waals surface area contributed by atoms with E-state index in [1.165, 1.54) is 4.90 Å². The van der Waals surface area contributed by atoms with Crippen molar-refractivity contribution in [1.29, 1.82) is 0 Å². The van der Waals surface area contributed by atoms with Gasteiger partial charge in [-0.2, -0.15) is 0 Å². The highest BCUT2D eigenvalue weighted by molar-refractivity contribution is 6.19. The molecule has 1 N–H and O–H groups in total. The van der Waals surface area contributed by atoms with Crippen molar-refractivity contribution in [2.24, 2.45) is 0 Å². The van der Waals surface area contributed by atoms with Crippen LogP contribution < -0.4 is 15.3 Å². The standard InChI is InChI=1S/C19H23N3O5/c1-11(2)12-3-5-13(6-4-12)22-18(26)17-14(20-19(22)27)9-10-21(17)15(23)7-8-16(24)25/h3-6,11,14,17H,7-10H2,1-2H3,(H,20,27)(H,24,25)/p-1/t14-,17+/m1/s1. The summed E-state index contributed by atoms with van der Waals surface area (Å²) in [6.07, 6.45) is -0.164. The minimum Gasteiger partial charge on any atom is -0.550 e. The maximum atomic E-state index is 13.0. The van der Waals surface area contributed by atoms with Crippen LogP contribution in [0, 0.1) is 0 Å². The Morgan fingerprint density at radius 2 is 1.85 bits per heavy atom. The van der Waals surface area contributed by atoms with E-state index >= 15 is 0 Å². The molecule has 0 unspecified atom stereocenters. The molecule has 0 aromatic heterocycles. The summed E-state index contributed by atoms with van der Waals surface area (Å²) in [4.78, 5) is 50.9. The van der Waals surface area contributed by atoms with Crippen LogP contribution in [0.4, 0.5) is 10.5 Å². The highest BCUT2D eigenvalue weighted by Gasteiger charge is 2.49. The van der Waals surface area contributed by atoms with Gasteiger partial charge in [-0.25, -0.2) is 9.69 Å². The number of aliphatic carboxylic acids is 1. The highest BCUT2D eigenvalue weighted by Crippen LogP contribution is 2.29. The smallest absolute Gasteiger partial charge is 0.329 e. The molecule has 0 bridgehead atoms. The summed E-state index contributed by atoms with van der Waals surface area (Å²) < 4.78 is 0. The molecule has 4 amide bonds. The number of nitrogens with zero attached hydrogens (tertiary/aromatic N) is 2. The fourth-order valence-electron chi connectivity index (χ4n) is 3.59. The van der Waals surface area contributed by atoms with Gasteiger partial charge >= 0.3 is 6.03 Å². The number of amides is 4. The van der Waals surface area contributed by atoms with E-state index in [0.29, 0.717) is 24.6 Å². The average molecular weight is 372 g/mol. The molecular formula is C19H22N3O5-. The Labute approximate surface area is 157 Å². The van der Waals surface area contributed by atoms with Gasteiger partial charge in [0.2, 0.25) is 5.91 Å². The largest absolute Gasteiger partial charge is 0.550 e. The maximum absolute atomic E-state index is 13.0. The number of carboxylic acid groups (broad SMARTS) is 1. The number of carbonyl (C=O) groups is 4. The summed E-state index contributed by atoms with van der Waals surface area (Å²) in [5.41, 5.74) is 1.52. The van der Waals surface area contributed by atoms with Gasteiger partial charge in [0.05, 0.1) is 11.7 Å². The van der Waals surface area contributed by atoms with Crippen LogP contribution in [-0.2, 0) is 14.4 Å². The normalized spacial score (nSPS) is 22.0. The number of carbonyl (C=O) groups excluding carboxylic acids is 4. The van der Waals surface area contributed by atoms with Crippen molar-refractivity contribution in [3.05, 3.63) is 29.8 Å². The summed E-state index contributed by atoms with van der Waals surface area (Å²) in [5.74, 6) is -1.89. The topological polar surface area (TPSA) is 110 Å². The predicted octanol–water partition coefficient (Wildman–Crippen LogP) is 0.366. The second-order valence-corrected chi connectivity index (χ2v) is 7.17. The van der Waals surface area contributed by atoms with Gasteiger partial charge in [0.1, 0.15) is 6.04 Å². The molecule has 1 aromatic carbocycles. The van der Waals surface area contributed by atoms with Crippen molar-refractivity contribution in [3.63, 3.8) is 0 Å². The van der Waals surface area contributed by atoms with Crippen LogP contribution in [0.5, 0.6) is 0 Å². The molecule has 0 saturated carbocycles. The van der Waals surface area contributed by atoms with Crippen LogP contribution in [0.15, 0.2) is 24.3 Å². The fourth-order valence-corrected chi connectivity index (χ4v) is 3.59. The molecule has 2 saturated heterocycles. The zero-order chi connectivity index (χ0) is 19.7. The Hall–Kier alpha value is -2.90. The van der Waals surface area contributed by atoms with E-state index in [1.54, 1.807) is 12.1 Å². The van der Waals surface area contributed by atoms with Gasteiger partial charge in [0, 0.05) is 18.9 Å². The van der Waals surface area contributed by atoms with Crippen molar-refractivity contribution < 1.29 is 24.3 Å². The monoisotopic (exact) mass is 372 g/mol. The first-order chi connectivity index (χ1) is 12.8. The predicted molar refractivity (Wildman–Crippen MR) is 94.7 cm³/mol. The van der Waals surface area contributed by atoms with Crippen LogP contribution in [0.1, 0.15) is 44.6 Å². The molecular weight excluding hydrogens is 350 g/mol. The summed E-state index contributed by atoms with van der Waals surface area (Å²) in [6, 6.07) is 5.37. The maximum Gasteiger partial charge on any atom is 0.329 e. The molecule has 8 nitrogen and oxygen atoms in total. The number of hydrogen-bond donors (Lipinski definition) is 1. The molecule has 27 heavy (non-hydrogen) atoms. The number of imide groups is 1. The molecule has 2 aliphatic rings. The third kappa shape index (κ3) is 3.65. The summed E-state index contributed by atoms with van der Waals surface area (Å²) in [6.45, 7) is 4.40. The van der Waals surface area contributed by atoms with Crippen molar-refractivity contribution in [3.8, 4) is 0 Å². The van der Waals surface area contributed by atoms with Crippen LogP contribution in [0.2, 0.25) is 0 Å². The number of hydrogen-bond acceptors (Lipinski definition) is 5. The minimum absolute atomic E-state index is 0.226. The number of carboxylic acids is 1. The molecule has 0 radical (unpaired) electrons. The van der Waals surface area contributed by atoms with Crippen molar-refractivity contribution in [2.75, 3.05) is 11.4 Å². The molecule has 2 heterocycles. The first kappa shape index (κ1) is 18.9. The number of urea groups is 1. The molecule has 1 aromatic rings. The Kier molecular flexibility index (Phi) is 5.16. The third-order valence-electron chi connectivity index (χ3n) is 5.06. The number of likely N-dealkylation sites (tertiary alicyclic amines) is 1. The van der Waals surface area contributed by atoms with E-state index in [9.17, 15) is 24.3 Å². The molecule has 0 aliphatic carbocycles. The van der Waals surface area contributed by atoms with Crippen molar-refractivity contribution in [1.82, 2.24) is 10.2 Å². The minimum atomic E-state index is -1.31. The average Bonchev–Trinajstić information content (AvgIpc) is 3.04. The van der Waals surface area contributed by atoms with Gasteiger partial charge in [-0.1, -0.05) is 26.0 Å². The summed E-state index contributed by atoms with van der Waals surface area (Å²) in [7, 11) is 0. The second-order valence-electron chi connectivity index (χ2n) is 7.17. The van der Waals surface area contributed by atoms with Gasteiger partial charge in [-0.15, -0.1) is 0 Å². The lowest BCUT2D eigenvalue weighted by atomic mass is 10.0. The van der Waals surface area contributed by atoms with E-state index in [1.807, 2.05) is 26.0 Å². The Morgan fingerprint density at radius 1 is 1.19 bits per heavy atom. The van der Waals surface area contributed by atoms with E-state index in [2.05, 4.69) is 5.32 Å². The number of anilines is 1. The lowest BCUT2D eigenvalue weighted by Crippen LogP contribution is -2.65. The van der Waals surface area contributed by atoms with Gasteiger partial charge < -0.3 is 20.1 Å². The van der Waals surface area contributed by atoms with Crippen LogP contribution in [0.3, 0.4) is 0 Å². The highest BCUT2D eigenvalue weighted by atomic mass is 16.4. The number of rotatable bonds is 5. The molecule has 2 aliphatic heterocycles. The van der Waals surface area contributed by atoms with Gasteiger partial charge in [0.25, 0.3) is 5.91 Å². The lowest BCUT2D eigenvalue weighted by Gasteiger charge is -2.37. The first-order valence-corrected chi connectivity index (χ1v) is 9.03.